The number of nitro groups is 1. The zero-order valence-corrected chi connectivity index (χ0v) is 37.5. The summed E-state index contributed by atoms with van der Waals surface area (Å²) < 4.78 is 33.9. The van der Waals surface area contributed by atoms with Crippen LogP contribution < -0.4 is 14.8 Å². The van der Waals surface area contributed by atoms with Gasteiger partial charge in [-0.2, -0.15) is 0 Å². The summed E-state index contributed by atoms with van der Waals surface area (Å²) in [7, 11) is -2.14. The number of amides is 1. The van der Waals surface area contributed by atoms with Gasteiger partial charge in [0.1, 0.15) is 22.8 Å². The van der Waals surface area contributed by atoms with Crippen molar-refractivity contribution in [2.75, 3.05) is 64.4 Å². The number of carbonyl (C=O) groups is 1. The molecule has 1 aliphatic carbocycles. The summed E-state index contributed by atoms with van der Waals surface area (Å²) in [6, 6.07) is 21.9. The molecule has 2 aromatic heterocycles. The van der Waals surface area contributed by atoms with E-state index in [9.17, 15) is 19.1 Å². The van der Waals surface area contributed by atoms with Gasteiger partial charge in [0.15, 0.2) is 11.0 Å². The van der Waals surface area contributed by atoms with E-state index in [0.717, 1.165) is 73.4 Å². The van der Waals surface area contributed by atoms with Crippen molar-refractivity contribution in [2.24, 2.45) is 5.41 Å². The van der Waals surface area contributed by atoms with Crippen LogP contribution in [0.3, 0.4) is 0 Å². The molecule has 0 bridgehead atoms. The Morgan fingerprint density at radius 2 is 1.89 bits per heavy atom. The fourth-order valence-electron chi connectivity index (χ4n) is 8.93. The van der Waals surface area contributed by atoms with E-state index in [2.05, 4.69) is 61.9 Å². The lowest BCUT2D eigenvalue weighted by Crippen LogP contribution is -2.56. The Morgan fingerprint density at radius 3 is 2.66 bits per heavy atom. The first kappa shape index (κ1) is 43.8. The van der Waals surface area contributed by atoms with Gasteiger partial charge < -0.3 is 24.5 Å². The highest BCUT2D eigenvalue weighted by Crippen LogP contribution is 2.44. The topological polar surface area (TPSA) is 164 Å². The molecule has 2 saturated heterocycles. The molecular weight excluding hydrogens is 854 g/mol. The number of morpholine rings is 1. The summed E-state index contributed by atoms with van der Waals surface area (Å²) in [4.78, 5) is 38.1. The Labute approximate surface area is 379 Å². The molecule has 14 nitrogen and oxygen atoms in total. The second-order valence-electron chi connectivity index (χ2n) is 17.7. The maximum Gasteiger partial charge on any atom is 0.293 e. The molecule has 2 atom stereocenters. The van der Waals surface area contributed by atoms with Gasteiger partial charge in [-0.25, -0.2) is 9.19 Å². The molecule has 1 amide bonds. The summed E-state index contributed by atoms with van der Waals surface area (Å²) in [6.45, 7) is 11.0. The Bertz CT molecular complexity index is 2640. The van der Waals surface area contributed by atoms with Crippen LogP contribution in [0.5, 0.6) is 11.5 Å². The number of fused-ring (bicyclic) bond motifs is 1. The van der Waals surface area contributed by atoms with Gasteiger partial charge in [0.2, 0.25) is 0 Å². The van der Waals surface area contributed by atoms with Gasteiger partial charge in [-0.1, -0.05) is 55.3 Å². The first-order valence-corrected chi connectivity index (χ1v) is 23.3. The van der Waals surface area contributed by atoms with Gasteiger partial charge in [0, 0.05) is 61.9 Å². The fraction of sp³-hybridized carbons (Fsp3) is 0.375. The zero-order valence-electron chi connectivity index (χ0n) is 35.9. The molecular formula is C48H52ClN7O7S. The SMILES string of the molecule is CC1(C)CCC(CN2CC=C(c3ccc(C(=O)NS(=O)c4ccc(NCC5CN(C6COC6)CCO5)c([N+](=O)[O-])c4)c(Oc4cnc5[nH]ccc5c4)c3)CC2)=C(c2ccc(Cl)cc2)C1. The van der Waals surface area contributed by atoms with Crippen molar-refractivity contribution in [1.29, 1.82) is 0 Å². The number of allylic oxidation sites excluding steroid dienone is 1. The van der Waals surface area contributed by atoms with Crippen LogP contribution >= 0.6 is 11.6 Å². The number of nitrogens with zero attached hydrogens (tertiary/aromatic N) is 4. The minimum atomic E-state index is -2.14. The zero-order chi connectivity index (χ0) is 44.4. The Balaban J connectivity index is 0.912. The average Bonchev–Trinajstić information content (AvgIpc) is 3.74. The predicted molar refractivity (Wildman–Crippen MR) is 249 cm³/mol. The summed E-state index contributed by atoms with van der Waals surface area (Å²) in [5.41, 5.74) is 7.27. The van der Waals surface area contributed by atoms with Crippen LogP contribution in [0, 0.1) is 15.5 Å². The number of aromatic nitrogens is 2. The van der Waals surface area contributed by atoms with Gasteiger partial charge in [0.05, 0.1) is 53.5 Å². The van der Waals surface area contributed by atoms with Crippen molar-refractivity contribution < 1.29 is 28.1 Å². The number of ether oxygens (including phenoxy) is 3. The summed E-state index contributed by atoms with van der Waals surface area (Å²) >= 11 is 6.25. The maximum atomic E-state index is 14.0. The molecule has 4 aliphatic rings. The number of anilines is 1. The lowest BCUT2D eigenvalue weighted by atomic mass is 9.72. The first-order chi connectivity index (χ1) is 30.9. The highest BCUT2D eigenvalue weighted by atomic mass is 35.5. The van der Waals surface area contributed by atoms with E-state index in [1.165, 1.54) is 34.9 Å². The standard InChI is InChI=1S/C48H52ClN7O7S/c1-48(2)15-11-35(42(24-48)32-3-6-36(49)7-4-32)27-54-17-13-31(14-18-54)33-5-9-41(45(22-33)63-38-21-34-12-16-50-46(34)52-25-38)47(57)53-64(60)40-8-10-43(44(23-40)56(58)59)51-26-39-28-55(19-20-62-39)37-29-61-30-37/h3-10,12-13,16,21-23,25,37,39,51H,11,14-15,17-20,24,26-30H2,1-2H3,(H,50,52)(H,53,57). The maximum absolute atomic E-state index is 14.0. The molecule has 334 valence electrons. The number of carbonyl (C=O) groups excluding carboxylic acids is 1. The third-order valence-corrected chi connectivity index (χ3v) is 14.0. The van der Waals surface area contributed by atoms with Crippen molar-refractivity contribution in [3.8, 4) is 11.5 Å². The molecule has 0 radical (unpaired) electrons. The van der Waals surface area contributed by atoms with Crippen LogP contribution in [0.1, 0.15) is 61.0 Å². The van der Waals surface area contributed by atoms with Gasteiger partial charge in [-0.3, -0.25) is 29.4 Å². The van der Waals surface area contributed by atoms with Gasteiger partial charge in [-0.15, -0.1) is 0 Å². The molecule has 3 N–H and O–H groups in total. The Hall–Kier alpha value is -5.42. The Morgan fingerprint density at radius 1 is 1.06 bits per heavy atom. The van der Waals surface area contributed by atoms with Crippen LogP contribution in [0.15, 0.2) is 102 Å². The van der Waals surface area contributed by atoms with E-state index < -0.39 is 21.8 Å². The van der Waals surface area contributed by atoms with Crippen LogP contribution in [-0.4, -0.2) is 106 Å². The van der Waals surface area contributed by atoms with Gasteiger partial charge >= 0.3 is 0 Å². The first-order valence-electron chi connectivity index (χ1n) is 21.8. The van der Waals surface area contributed by atoms with Crippen LogP contribution in [0.4, 0.5) is 11.4 Å². The van der Waals surface area contributed by atoms with E-state index in [1.807, 2.05) is 36.4 Å². The van der Waals surface area contributed by atoms with Gasteiger partial charge in [-0.05, 0) is 102 Å². The monoisotopic (exact) mass is 905 g/mol. The average molecular weight is 907 g/mol. The fourth-order valence-corrected chi connectivity index (χ4v) is 9.86. The lowest BCUT2D eigenvalue weighted by molar-refractivity contribution is -0.384. The number of hydrogen-bond donors (Lipinski definition) is 3. The highest BCUT2D eigenvalue weighted by Gasteiger charge is 2.32. The smallest absolute Gasteiger partial charge is 0.293 e. The number of nitrogens with one attached hydrogen (secondary N) is 3. The largest absolute Gasteiger partial charge is 0.455 e. The van der Waals surface area contributed by atoms with E-state index in [1.54, 1.807) is 18.5 Å². The van der Waals surface area contributed by atoms with Crippen LogP contribution in [0.25, 0.3) is 22.2 Å². The molecule has 9 rings (SSSR count). The van der Waals surface area contributed by atoms with E-state index in [-0.39, 0.29) is 39.1 Å². The number of aromatic amines is 1. The molecule has 2 unspecified atom stereocenters. The Kier molecular flexibility index (Phi) is 13.0. The predicted octanol–water partition coefficient (Wildman–Crippen LogP) is 8.63. The summed E-state index contributed by atoms with van der Waals surface area (Å²) in [5, 5.41) is 16.9. The number of rotatable bonds is 14. The number of hydrogen-bond acceptors (Lipinski definition) is 11. The number of benzene rings is 3. The second-order valence-corrected chi connectivity index (χ2v) is 19.4. The van der Waals surface area contributed by atoms with Gasteiger partial charge in [0.25, 0.3) is 11.6 Å². The molecule has 64 heavy (non-hydrogen) atoms. The normalized spacial score (nSPS) is 20.0. The minimum absolute atomic E-state index is 0.0711. The molecule has 5 aromatic rings. The van der Waals surface area contributed by atoms with Crippen molar-refractivity contribution in [3.05, 3.63) is 129 Å². The van der Waals surface area contributed by atoms with E-state index in [4.69, 9.17) is 25.8 Å². The summed E-state index contributed by atoms with van der Waals surface area (Å²) in [5.74, 6) is 0.0136. The number of pyridine rings is 1. The van der Waals surface area contributed by atoms with Crippen molar-refractivity contribution in [3.63, 3.8) is 0 Å². The molecule has 0 saturated carbocycles. The molecule has 3 aromatic carbocycles. The molecule has 3 aliphatic heterocycles. The van der Waals surface area contributed by atoms with Crippen LogP contribution in [-0.2, 0) is 20.5 Å². The van der Waals surface area contributed by atoms with Crippen molar-refractivity contribution in [1.82, 2.24) is 24.5 Å². The van der Waals surface area contributed by atoms with Crippen LogP contribution in [0.2, 0.25) is 5.02 Å². The molecule has 16 heteroatoms. The second kappa shape index (κ2) is 19.0. The van der Waals surface area contributed by atoms with E-state index in [0.29, 0.717) is 50.3 Å². The molecule has 0 spiro atoms. The van der Waals surface area contributed by atoms with Crippen molar-refractivity contribution in [2.45, 2.75) is 56.6 Å². The quantitative estimate of drug-likeness (QED) is 0.0722. The third kappa shape index (κ3) is 10.1. The molecule has 2 fully saturated rings. The highest BCUT2D eigenvalue weighted by molar-refractivity contribution is 7.83. The van der Waals surface area contributed by atoms with E-state index >= 15 is 0 Å². The van der Waals surface area contributed by atoms with Crippen molar-refractivity contribution >= 4 is 62.0 Å². The summed E-state index contributed by atoms with van der Waals surface area (Å²) in [6.07, 6.45) is 9.48. The lowest BCUT2D eigenvalue weighted by Gasteiger charge is -2.42. The number of H-pyrrole nitrogens is 1. The number of nitro benzene ring substituents is 1. The minimum Gasteiger partial charge on any atom is -0.455 e. The number of halogens is 1. The molecule has 5 heterocycles. The third-order valence-electron chi connectivity index (χ3n) is 12.7.